The number of fused-ring (bicyclic) bond motifs is 6. The number of aromatic amines is 5. The van der Waals surface area contributed by atoms with Gasteiger partial charge in [-0.2, -0.15) is 81.8 Å². The summed E-state index contributed by atoms with van der Waals surface area (Å²) in [7, 11) is 1.61. The first kappa shape index (κ1) is 85.5. The molecule has 18 rings (SSSR count). The van der Waals surface area contributed by atoms with Crippen molar-refractivity contribution in [3.8, 4) is 5.75 Å². The van der Waals surface area contributed by atoms with Crippen molar-refractivity contribution in [2.24, 2.45) is 0 Å². The van der Waals surface area contributed by atoms with Gasteiger partial charge in [-0.25, -0.2) is 34.7 Å². The number of carbonyl (C=O) groups is 1. The van der Waals surface area contributed by atoms with Gasteiger partial charge < -0.3 is 70.9 Å². The van der Waals surface area contributed by atoms with Gasteiger partial charge >= 0.3 is 36.5 Å². The van der Waals surface area contributed by atoms with Crippen LogP contribution in [0.3, 0.4) is 0 Å². The maximum absolute atomic E-state index is 13.3. The molecule has 12 N–H and O–H groups in total. The summed E-state index contributed by atoms with van der Waals surface area (Å²) in [6, 6.07) is 44.3. The molecule has 13 heterocycles. The van der Waals surface area contributed by atoms with Crippen LogP contribution in [0.4, 0.5) is 67.6 Å². The average molecular weight is 1710 g/mol. The zero-order valence-corrected chi connectivity index (χ0v) is 68.0. The number of hydrogen-bond donors (Lipinski definition) is 12. The zero-order valence-electron chi connectivity index (χ0n) is 66.5. The highest BCUT2D eigenvalue weighted by Gasteiger charge is 2.22. The normalized spacial score (nSPS) is 11.0. The molecule has 42 heteroatoms. The van der Waals surface area contributed by atoms with Crippen LogP contribution in [-0.4, -0.2) is 143 Å². The molecule has 0 atom stereocenters. The van der Waals surface area contributed by atoms with E-state index in [4.69, 9.17) is 32.7 Å². The molecule has 18 aromatic rings. The summed E-state index contributed by atoms with van der Waals surface area (Å²) in [5.41, 5.74) is 12.3. The Kier molecular flexibility index (Phi) is 28.1. The van der Waals surface area contributed by atoms with Crippen molar-refractivity contribution >= 4 is 137 Å². The predicted octanol–water partition coefficient (Wildman–Crippen LogP) is 15.9. The summed E-state index contributed by atoms with van der Waals surface area (Å²) in [5.74, 6) is 3.40. The van der Waals surface area contributed by atoms with Crippen LogP contribution in [0.25, 0.3) is 67.0 Å². The van der Waals surface area contributed by atoms with Crippen molar-refractivity contribution < 1.29 is 36.2 Å². The van der Waals surface area contributed by atoms with E-state index in [-0.39, 0.29) is 17.6 Å². The molecule has 0 aliphatic carbocycles. The summed E-state index contributed by atoms with van der Waals surface area (Å²) in [5, 5.41) is 22.5. The second-order valence-electron chi connectivity index (χ2n) is 27.6. The minimum atomic E-state index is -0.818. The molecular weight excluding hydrogens is 1640 g/mol. The molecule has 0 radical (unpaired) electrons. The van der Waals surface area contributed by atoms with Crippen molar-refractivity contribution in [1.82, 2.24) is 124 Å². The van der Waals surface area contributed by atoms with Crippen LogP contribution in [0.2, 0.25) is 10.0 Å². The van der Waals surface area contributed by atoms with Crippen LogP contribution in [0.15, 0.2) is 190 Å². The van der Waals surface area contributed by atoms with Gasteiger partial charge in [0.2, 0.25) is 5.95 Å². The highest BCUT2D eigenvalue weighted by molar-refractivity contribution is 6.31. The lowest BCUT2D eigenvalue weighted by atomic mass is 10.1. The third kappa shape index (κ3) is 23.4. The van der Waals surface area contributed by atoms with Gasteiger partial charge in [0.15, 0.2) is 74.3 Å². The molecule has 0 unspecified atom stereocenters. The molecule has 35 nitrogen and oxygen atoms in total. The number of amides is 1. The number of ether oxygens (including phenoxy) is 2. The van der Waals surface area contributed by atoms with E-state index >= 15 is 0 Å². The van der Waals surface area contributed by atoms with Gasteiger partial charge in [-0.1, -0.05) is 132 Å². The number of benzene rings is 5. The summed E-state index contributed by atoms with van der Waals surface area (Å²) < 4.78 is 78.7. The fraction of sp³-hybridized carbons (Fsp3) is 0.185. The van der Waals surface area contributed by atoms with E-state index < -0.39 is 42.1 Å². The lowest BCUT2D eigenvalue weighted by Gasteiger charge is -2.19. The topological polar surface area (TPSA) is 449 Å². The SMILES string of the molecule is CC(C)n1cnc2c(NCc3ccccc3)nc(NC(=O)OC(C)(C)C)nc21.COc1ccccc1CNc1nc(F)nc2nc[nH]c12.Cc1ccccc1CNc1nc(F)nc2nc[nH]c12.Fc1nc(NCc2ccc(Cl)cc2)c2[nH]cnc2n1.Fc1nc(NCc2ccccc2Cl)c2[nH]cnc2n1.Fc1nc(NCc2cccnc2)c2[nH]cnc2n1. The van der Waals surface area contributed by atoms with Crippen LogP contribution in [-0.2, 0) is 44.0 Å². The third-order valence-corrected chi connectivity index (χ3v) is 18.1. The first-order chi connectivity index (χ1) is 59.5. The third-order valence-electron chi connectivity index (χ3n) is 17.5. The van der Waals surface area contributed by atoms with Gasteiger partial charge in [0.25, 0.3) is 0 Å². The summed E-state index contributed by atoms with van der Waals surface area (Å²) >= 11 is 11.9. The molecule has 0 saturated heterocycles. The molecule has 0 aliphatic heterocycles. The molecule has 0 spiro atoms. The molecule has 5 aromatic carbocycles. The van der Waals surface area contributed by atoms with E-state index in [9.17, 15) is 26.7 Å². The number of methoxy groups -OCH3 is 1. The highest BCUT2D eigenvalue weighted by atomic mass is 35.5. The van der Waals surface area contributed by atoms with E-state index in [1.807, 2.05) is 147 Å². The monoisotopic (exact) mass is 1710 g/mol. The number of nitrogens with one attached hydrogen (secondary N) is 12. The number of hydrogen-bond acceptors (Lipinski definition) is 28. The van der Waals surface area contributed by atoms with Crippen molar-refractivity contribution in [3.63, 3.8) is 0 Å². The van der Waals surface area contributed by atoms with Crippen LogP contribution >= 0.6 is 23.2 Å². The fourth-order valence-electron chi connectivity index (χ4n) is 11.6. The van der Waals surface area contributed by atoms with Gasteiger partial charge in [-0.3, -0.25) is 10.3 Å². The Balaban J connectivity index is 0.000000128. The number of aryl methyl sites for hydroxylation is 1. The second-order valence-corrected chi connectivity index (χ2v) is 28.4. The Bertz CT molecular complexity index is 6430. The smallest absolute Gasteiger partial charge is 0.414 e. The highest BCUT2D eigenvalue weighted by Crippen LogP contribution is 2.28. The number of nitrogens with zero attached hydrogens (tertiary/aromatic N) is 20. The number of imidazole rings is 6. The molecule has 0 aliphatic rings. The number of halogens is 7. The van der Waals surface area contributed by atoms with Gasteiger partial charge in [0.1, 0.15) is 38.9 Å². The predicted molar refractivity (Wildman–Crippen MR) is 455 cm³/mol. The number of para-hydroxylation sites is 1. The molecule has 0 bridgehead atoms. The largest absolute Gasteiger partial charge is 0.496 e. The lowest BCUT2D eigenvalue weighted by Crippen LogP contribution is -2.28. The van der Waals surface area contributed by atoms with Gasteiger partial charge in [0, 0.05) is 73.3 Å². The number of aromatic nitrogens is 25. The molecular formula is C81H77Cl2F5N32O3. The van der Waals surface area contributed by atoms with Crippen molar-refractivity contribution in [2.75, 3.05) is 44.3 Å². The van der Waals surface area contributed by atoms with Crippen molar-refractivity contribution in [1.29, 1.82) is 0 Å². The number of H-pyrrole nitrogens is 5. The standard InChI is InChI=1S/C20H26N6O2.C13H12FN5O.C13H12FN5.2C12H9ClFN5.C11H9FN6/c1-13(2)26-12-22-15-16(21-11-14-9-7-6-8-10-14)23-18(24-17(15)26)25-19(27)28-20(3,4)5;1-20-9-5-3-2-4-8(9)6-15-11-10-12(17-7-16-10)19-13(14)18-11;1-8-4-2-3-5-9(8)6-15-11-10-12(17-7-16-10)19-13(14)18-11;13-8-3-1-7(2-4-8)5-15-10-9-11(17-6-16-9)19-12(14)18-10;13-8-4-2-1-3-7(8)5-15-10-9-11(17-6-16-9)19-12(14)18-10;12-11-17-9(8-10(18-11)16-6-15-8)14-5-7-2-1-3-13-4-7/h6-10,12-13H,11H2,1-5H3,(H2,21,23,24,25,27);2-5,7H,6H2,1H3,(H2,15,16,17,18,19);2-5,7H,6H2,1H3,(H2,15,16,17,18,19);2*1-4,6H,5H2,(H2,15,16,17,18,19);1-4,6H,5H2,(H2,14,15,16,17,18). The Morgan fingerprint density at radius 1 is 0.439 bits per heavy atom. The van der Waals surface area contributed by atoms with E-state index in [2.05, 4.69) is 157 Å². The maximum Gasteiger partial charge on any atom is 0.414 e. The number of rotatable bonds is 21. The van der Waals surface area contributed by atoms with Gasteiger partial charge in [0.05, 0.1) is 45.1 Å². The minimum Gasteiger partial charge on any atom is -0.496 e. The van der Waals surface area contributed by atoms with Crippen molar-refractivity contribution in [2.45, 2.75) is 92.5 Å². The molecule has 123 heavy (non-hydrogen) atoms. The molecule has 1 amide bonds. The molecule has 0 fully saturated rings. The first-order valence-electron chi connectivity index (χ1n) is 37.6. The second kappa shape index (κ2) is 40.4. The Labute approximate surface area is 705 Å². The van der Waals surface area contributed by atoms with Gasteiger partial charge in [-0.05, 0) is 105 Å². The Hall–Kier alpha value is -15.4. The number of anilines is 7. The van der Waals surface area contributed by atoms with Gasteiger partial charge in [-0.15, -0.1) is 0 Å². The number of pyridine rings is 1. The first-order valence-corrected chi connectivity index (χ1v) is 38.4. The maximum atomic E-state index is 13.3. The summed E-state index contributed by atoms with van der Waals surface area (Å²) in [6.45, 7) is 14.6. The van der Waals surface area contributed by atoms with Crippen LogP contribution in [0, 0.1) is 37.3 Å². The van der Waals surface area contributed by atoms with Crippen LogP contribution in [0.1, 0.15) is 79.6 Å². The quantitative estimate of drug-likeness (QED) is 0.0235. The molecule has 13 aromatic heterocycles. The number of carbonyl (C=O) groups excluding carboxylic acids is 1. The van der Waals surface area contributed by atoms with E-state index in [1.165, 1.54) is 37.2 Å². The fourth-order valence-corrected chi connectivity index (χ4v) is 12.0. The van der Waals surface area contributed by atoms with Crippen LogP contribution < -0.4 is 42.0 Å². The van der Waals surface area contributed by atoms with Crippen molar-refractivity contribution in [3.05, 3.63) is 269 Å². The average Bonchev–Trinajstić information content (AvgIpc) is 1.64. The lowest BCUT2D eigenvalue weighted by molar-refractivity contribution is 0.0634. The summed E-state index contributed by atoms with van der Waals surface area (Å²) in [4.78, 5) is 100. The zero-order chi connectivity index (χ0) is 86.4. The Morgan fingerprint density at radius 3 is 1.28 bits per heavy atom. The summed E-state index contributed by atoms with van der Waals surface area (Å²) in [6.07, 6.45) is 7.80. The van der Waals surface area contributed by atoms with E-state index in [0.717, 1.165) is 39.1 Å². The van der Waals surface area contributed by atoms with Crippen LogP contribution in [0.5, 0.6) is 5.75 Å². The molecule has 0 saturated carbocycles. The van der Waals surface area contributed by atoms with E-state index in [1.54, 1.807) is 64.8 Å². The molecule has 628 valence electrons. The van der Waals surface area contributed by atoms with E-state index in [0.29, 0.717) is 146 Å². The Morgan fingerprint density at radius 2 is 0.837 bits per heavy atom. The minimum absolute atomic E-state index is 0.163.